The van der Waals surface area contributed by atoms with Crippen molar-refractivity contribution in [2.24, 2.45) is 4.99 Å². The van der Waals surface area contributed by atoms with Gasteiger partial charge >= 0.3 is 0 Å². The normalized spacial score (nSPS) is 11.1. The van der Waals surface area contributed by atoms with E-state index in [2.05, 4.69) is 9.98 Å². The molecule has 0 atom stereocenters. The lowest BCUT2D eigenvalue weighted by Gasteiger charge is -2.05. The predicted octanol–water partition coefficient (Wildman–Crippen LogP) is 4.71. The molecule has 0 saturated heterocycles. The predicted molar refractivity (Wildman–Crippen MR) is 100 cm³/mol. The summed E-state index contributed by atoms with van der Waals surface area (Å²) < 4.78 is 11.6. The molecule has 3 rings (SSSR count). The topological polar surface area (TPSA) is 47.6 Å². The molecule has 0 fully saturated rings. The van der Waals surface area contributed by atoms with Gasteiger partial charge in [0.2, 0.25) is 5.89 Å². The first-order valence-electron chi connectivity index (χ1n) is 8.50. The zero-order chi connectivity index (χ0) is 17.5. The Morgan fingerprint density at radius 3 is 2.56 bits per heavy atom. The second-order valence-electron chi connectivity index (χ2n) is 5.68. The molecule has 0 bridgehead atoms. The number of aromatic nitrogens is 1. The molecule has 0 N–H and O–H groups in total. The van der Waals surface area contributed by atoms with Crippen LogP contribution in [-0.2, 0) is 6.42 Å². The fourth-order valence-corrected chi connectivity index (χ4v) is 2.48. The van der Waals surface area contributed by atoms with Gasteiger partial charge in [-0.2, -0.15) is 0 Å². The summed E-state index contributed by atoms with van der Waals surface area (Å²) in [6.45, 7) is 5.31. The van der Waals surface area contributed by atoms with E-state index >= 15 is 0 Å². The average Bonchev–Trinajstić information content (AvgIpc) is 3.03. The maximum absolute atomic E-state index is 5.81. The van der Waals surface area contributed by atoms with Crippen LogP contribution >= 0.6 is 0 Å². The van der Waals surface area contributed by atoms with Crippen molar-refractivity contribution in [1.29, 1.82) is 0 Å². The Morgan fingerprint density at radius 1 is 1.08 bits per heavy atom. The zero-order valence-electron chi connectivity index (χ0n) is 14.6. The fraction of sp³-hybridized carbons (Fsp3) is 0.238. The summed E-state index contributed by atoms with van der Waals surface area (Å²) in [7, 11) is 0. The first-order valence-corrected chi connectivity index (χ1v) is 8.50. The van der Waals surface area contributed by atoms with Crippen LogP contribution in [0.5, 0.6) is 5.75 Å². The summed E-state index contributed by atoms with van der Waals surface area (Å²) in [6.07, 6.45) is 2.58. The van der Waals surface area contributed by atoms with Crippen LogP contribution in [-0.4, -0.2) is 24.4 Å². The molecular formula is C21H22N2O2. The third-order valence-electron chi connectivity index (χ3n) is 3.82. The van der Waals surface area contributed by atoms with Gasteiger partial charge in [0.25, 0.3) is 0 Å². The number of hydrogen-bond acceptors (Lipinski definition) is 4. The molecule has 0 aliphatic rings. The molecule has 0 aliphatic heterocycles. The molecular weight excluding hydrogens is 312 g/mol. The minimum Gasteiger partial charge on any atom is -0.493 e. The van der Waals surface area contributed by atoms with Crippen molar-refractivity contribution in [3.63, 3.8) is 0 Å². The highest BCUT2D eigenvalue weighted by Crippen LogP contribution is 2.22. The standard InChI is InChI=1S/C21H22N2O2/c1-3-22-15-17-9-11-19(12-10-17)24-14-13-20-16(2)25-21(23-20)18-7-5-4-6-8-18/h4-12,15H,3,13-14H2,1-2H3. The van der Waals surface area contributed by atoms with Gasteiger partial charge in [-0.3, -0.25) is 4.99 Å². The number of aryl methyl sites for hydroxylation is 1. The monoisotopic (exact) mass is 334 g/mol. The number of benzene rings is 2. The number of rotatable bonds is 7. The molecule has 4 heteroatoms. The van der Waals surface area contributed by atoms with Gasteiger partial charge < -0.3 is 9.15 Å². The van der Waals surface area contributed by atoms with E-state index in [-0.39, 0.29) is 0 Å². The third-order valence-corrected chi connectivity index (χ3v) is 3.82. The molecule has 25 heavy (non-hydrogen) atoms. The number of oxazole rings is 1. The van der Waals surface area contributed by atoms with Gasteiger partial charge in [-0.25, -0.2) is 4.98 Å². The number of ether oxygens (including phenoxy) is 1. The first-order chi connectivity index (χ1) is 12.3. The minimum absolute atomic E-state index is 0.560. The second-order valence-corrected chi connectivity index (χ2v) is 5.68. The highest BCUT2D eigenvalue weighted by Gasteiger charge is 2.11. The molecule has 2 aromatic carbocycles. The molecule has 0 spiro atoms. The van der Waals surface area contributed by atoms with E-state index in [0.717, 1.165) is 34.9 Å². The van der Waals surface area contributed by atoms with Gasteiger partial charge in [-0.1, -0.05) is 18.2 Å². The highest BCUT2D eigenvalue weighted by atomic mass is 16.5. The lowest BCUT2D eigenvalue weighted by molar-refractivity contribution is 0.320. The molecule has 0 unspecified atom stereocenters. The van der Waals surface area contributed by atoms with Crippen LogP contribution < -0.4 is 4.74 Å². The summed E-state index contributed by atoms with van der Waals surface area (Å²) in [5, 5.41) is 0. The Kier molecular flexibility index (Phi) is 5.62. The van der Waals surface area contributed by atoms with E-state index in [4.69, 9.17) is 9.15 Å². The first kappa shape index (κ1) is 17.0. The van der Waals surface area contributed by atoms with Gasteiger partial charge in [0.15, 0.2) is 0 Å². The van der Waals surface area contributed by atoms with Gasteiger partial charge in [0.05, 0.1) is 12.3 Å². The minimum atomic E-state index is 0.560. The van der Waals surface area contributed by atoms with Crippen molar-refractivity contribution in [3.8, 4) is 17.2 Å². The number of aliphatic imine (C=N–C) groups is 1. The highest BCUT2D eigenvalue weighted by molar-refractivity contribution is 5.79. The Hall–Kier alpha value is -2.88. The molecule has 0 saturated carbocycles. The van der Waals surface area contributed by atoms with Crippen molar-refractivity contribution in [2.75, 3.05) is 13.2 Å². The average molecular weight is 334 g/mol. The molecule has 0 aliphatic carbocycles. The molecule has 128 valence electrons. The molecule has 3 aromatic rings. The van der Waals surface area contributed by atoms with Gasteiger partial charge in [-0.05, 0) is 55.8 Å². The summed E-state index contributed by atoms with van der Waals surface area (Å²) in [5.74, 6) is 2.35. The summed E-state index contributed by atoms with van der Waals surface area (Å²) >= 11 is 0. The third kappa shape index (κ3) is 4.57. The van der Waals surface area contributed by atoms with Crippen molar-refractivity contribution in [3.05, 3.63) is 71.6 Å². The Bertz CT molecular complexity index is 821. The Morgan fingerprint density at radius 2 is 1.84 bits per heavy atom. The van der Waals surface area contributed by atoms with E-state index in [0.29, 0.717) is 18.9 Å². The van der Waals surface area contributed by atoms with Crippen molar-refractivity contribution in [1.82, 2.24) is 4.98 Å². The molecule has 1 heterocycles. The second kappa shape index (κ2) is 8.29. The van der Waals surface area contributed by atoms with Crippen LogP contribution in [0.4, 0.5) is 0 Å². The number of nitrogens with zero attached hydrogens (tertiary/aromatic N) is 2. The quantitative estimate of drug-likeness (QED) is 0.588. The number of hydrogen-bond donors (Lipinski definition) is 0. The molecule has 0 radical (unpaired) electrons. The fourth-order valence-electron chi connectivity index (χ4n) is 2.48. The maximum Gasteiger partial charge on any atom is 0.226 e. The summed E-state index contributed by atoms with van der Waals surface area (Å²) in [6, 6.07) is 17.9. The van der Waals surface area contributed by atoms with Crippen molar-refractivity contribution in [2.45, 2.75) is 20.3 Å². The SMILES string of the molecule is CCN=Cc1ccc(OCCc2nc(-c3ccccc3)oc2C)cc1. The maximum atomic E-state index is 5.81. The van der Waals surface area contributed by atoms with Crippen LogP contribution in [0.1, 0.15) is 23.9 Å². The van der Waals surface area contributed by atoms with E-state index < -0.39 is 0 Å². The zero-order valence-corrected chi connectivity index (χ0v) is 14.6. The lowest BCUT2D eigenvalue weighted by atomic mass is 10.2. The van der Waals surface area contributed by atoms with Gasteiger partial charge in [-0.15, -0.1) is 0 Å². The van der Waals surface area contributed by atoms with Crippen molar-refractivity contribution >= 4 is 6.21 Å². The smallest absolute Gasteiger partial charge is 0.226 e. The van der Waals surface area contributed by atoms with Gasteiger partial charge in [0, 0.05) is 24.7 Å². The van der Waals surface area contributed by atoms with Crippen LogP contribution in [0.25, 0.3) is 11.5 Å². The Balaban J connectivity index is 1.57. The van der Waals surface area contributed by atoms with Gasteiger partial charge in [0.1, 0.15) is 11.5 Å². The van der Waals surface area contributed by atoms with Crippen LogP contribution in [0, 0.1) is 6.92 Å². The van der Waals surface area contributed by atoms with Crippen LogP contribution in [0.15, 0.2) is 64.0 Å². The molecule has 1 aromatic heterocycles. The van der Waals surface area contributed by atoms with Crippen LogP contribution in [0.3, 0.4) is 0 Å². The molecule has 0 amide bonds. The Labute approximate surface area is 148 Å². The van der Waals surface area contributed by atoms with E-state index in [9.17, 15) is 0 Å². The summed E-state index contributed by atoms with van der Waals surface area (Å²) in [5.41, 5.74) is 3.00. The van der Waals surface area contributed by atoms with E-state index in [1.807, 2.05) is 74.7 Å². The largest absolute Gasteiger partial charge is 0.493 e. The van der Waals surface area contributed by atoms with Crippen LogP contribution in [0.2, 0.25) is 0 Å². The van der Waals surface area contributed by atoms with Crippen molar-refractivity contribution < 1.29 is 9.15 Å². The van der Waals surface area contributed by atoms with E-state index in [1.54, 1.807) is 0 Å². The molecule has 4 nitrogen and oxygen atoms in total. The lowest BCUT2D eigenvalue weighted by Crippen LogP contribution is -2.02. The summed E-state index contributed by atoms with van der Waals surface area (Å²) in [4.78, 5) is 8.82. The van der Waals surface area contributed by atoms with E-state index in [1.165, 1.54) is 0 Å².